The number of alkyl halides is 6. The van der Waals surface area contributed by atoms with E-state index in [4.69, 9.17) is 17.4 Å². The van der Waals surface area contributed by atoms with Crippen LogP contribution in [0.25, 0.3) is 0 Å². The number of hydrogen-bond donors (Lipinski definition) is 2. The van der Waals surface area contributed by atoms with Gasteiger partial charge in [-0.15, -0.1) is 0 Å². The minimum atomic E-state index is -4.44. The number of rotatable bonds is 2. The first-order chi connectivity index (χ1) is 11.4. The summed E-state index contributed by atoms with van der Waals surface area (Å²) in [6.07, 6.45) is -8.73. The van der Waals surface area contributed by atoms with Crippen LogP contribution < -0.4 is 11.3 Å². The number of carbonyl (C=O) groups is 1. The van der Waals surface area contributed by atoms with Crippen LogP contribution in [0.4, 0.5) is 32.0 Å². The second kappa shape index (κ2) is 8.21. The second-order valence-corrected chi connectivity index (χ2v) is 4.92. The number of anilines is 1. The highest BCUT2D eigenvalue weighted by atomic mass is 35.5. The molecule has 0 radical (unpaired) electrons. The third kappa shape index (κ3) is 6.63. The zero-order chi connectivity index (χ0) is 19.3. The second-order valence-electron chi connectivity index (χ2n) is 4.57. The average molecular weight is 385 g/mol. The largest absolute Gasteiger partial charge is 0.416 e. The molecule has 25 heavy (non-hydrogen) atoms. The van der Waals surface area contributed by atoms with Crippen LogP contribution in [0.1, 0.15) is 21.5 Å². The molecule has 2 aromatic rings. The number of nitrogens with one attached hydrogen (secondary N) is 1. The van der Waals surface area contributed by atoms with Crippen molar-refractivity contribution < 1.29 is 31.1 Å². The predicted octanol–water partition coefficient (Wildman–Crippen LogP) is 5.08. The van der Waals surface area contributed by atoms with Gasteiger partial charge >= 0.3 is 12.4 Å². The van der Waals surface area contributed by atoms with Gasteiger partial charge in [0.2, 0.25) is 0 Å². The molecule has 0 aliphatic carbocycles. The summed E-state index contributed by atoms with van der Waals surface area (Å²) >= 11 is 5.02. The molecule has 0 atom stereocenters. The van der Waals surface area contributed by atoms with Crippen LogP contribution in [0.3, 0.4) is 0 Å². The number of nitrogen functional groups attached to an aromatic ring is 1. The maximum Gasteiger partial charge on any atom is 0.416 e. The van der Waals surface area contributed by atoms with Crippen LogP contribution in [0.2, 0.25) is 0 Å². The van der Waals surface area contributed by atoms with Crippen LogP contribution in [0.5, 0.6) is 0 Å². The smallest absolute Gasteiger partial charge is 0.324 e. The Bertz CT molecular complexity index is 713. The highest BCUT2D eigenvalue weighted by Crippen LogP contribution is 2.30. The summed E-state index contributed by atoms with van der Waals surface area (Å²) in [5.41, 5.74) is 0.974. The van der Waals surface area contributed by atoms with E-state index >= 15 is 0 Å². The molecular weight excluding hydrogens is 374 g/mol. The molecule has 0 unspecified atom stereocenters. The van der Waals surface area contributed by atoms with E-state index in [-0.39, 0.29) is 5.56 Å². The summed E-state index contributed by atoms with van der Waals surface area (Å²) in [4.78, 5) is 10.5. The van der Waals surface area contributed by atoms with Gasteiger partial charge in [-0.3, -0.25) is 10.6 Å². The summed E-state index contributed by atoms with van der Waals surface area (Å²) in [6.45, 7) is 0. The lowest BCUT2D eigenvalue weighted by molar-refractivity contribution is -0.138. The van der Waals surface area contributed by atoms with Gasteiger partial charge in [0.05, 0.1) is 11.1 Å². The highest BCUT2D eigenvalue weighted by Gasteiger charge is 2.31. The van der Waals surface area contributed by atoms with E-state index in [1.54, 1.807) is 0 Å². The molecule has 2 rings (SSSR count). The molecule has 0 aliphatic heterocycles. The van der Waals surface area contributed by atoms with Crippen molar-refractivity contribution in [2.24, 2.45) is 5.84 Å². The van der Waals surface area contributed by atoms with E-state index in [0.29, 0.717) is 5.69 Å². The van der Waals surface area contributed by atoms with Gasteiger partial charge in [0, 0.05) is 11.3 Å². The normalized spacial score (nSPS) is 11.4. The van der Waals surface area contributed by atoms with Crippen molar-refractivity contribution in [1.82, 2.24) is 0 Å². The van der Waals surface area contributed by atoms with Crippen molar-refractivity contribution in [3.63, 3.8) is 0 Å². The molecule has 0 amide bonds. The minimum Gasteiger partial charge on any atom is -0.324 e. The molecule has 0 aromatic heterocycles. The zero-order valence-electron chi connectivity index (χ0n) is 12.3. The van der Waals surface area contributed by atoms with E-state index < -0.39 is 28.7 Å². The Labute approximate surface area is 143 Å². The van der Waals surface area contributed by atoms with Crippen molar-refractivity contribution in [2.75, 3.05) is 5.43 Å². The zero-order valence-corrected chi connectivity index (χ0v) is 13.0. The van der Waals surface area contributed by atoms with Crippen LogP contribution in [0.15, 0.2) is 48.5 Å². The number of halogens is 7. The van der Waals surface area contributed by atoms with Crippen molar-refractivity contribution in [2.45, 2.75) is 12.4 Å². The van der Waals surface area contributed by atoms with E-state index in [1.165, 1.54) is 18.2 Å². The predicted molar refractivity (Wildman–Crippen MR) is 80.9 cm³/mol. The lowest BCUT2D eigenvalue weighted by atomic mass is 10.1. The Kier molecular flexibility index (Phi) is 6.83. The number of hydrogen-bond acceptors (Lipinski definition) is 3. The van der Waals surface area contributed by atoms with Gasteiger partial charge in [-0.25, -0.2) is 0 Å². The van der Waals surface area contributed by atoms with Gasteiger partial charge in [0.15, 0.2) is 0 Å². The molecule has 2 aromatic carbocycles. The summed E-state index contributed by atoms with van der Waals surface area (Å²) in [5, 5.41) is -0.897. The number of nitrogens with two attached hydrogens (primary N) is 1. The van der Waals surface area contributed by atoms with Gasteiger partial charge in [0.1, 0.15) is 0 Å². The molecule has 3 N–H and O–H groups in total. The highest BCUT2D eigenvalue weighted by molar-refractivity contribution is 6.67. The van der Waals surface area contributed by atoms with E-state index in [1.807, 2.05) is 0 Å². The lowest BCUT2D eigenvalue weighted by Gasteiger charge is -2.06. The molecule has 136 valence electrons. The Balaban J connectivity index is 0.000000251. The lowest BCUT2D eigenvalue weighted by Crippen LogP contribution is -2.08. The topological polar surface area (TPSA) is 55.1 Å². The van der Waals surface area contributed by atoms with Gasteiger partial charge < -0.3 is 5.43 Å². The molecule has 0 saturated carbocycles. The van der Waals surface area contributed by atoms with Crippen LogP contribution in [-0.4, -0.2) is 5.24 Å². The molecule has 0 fully saturated rings. The Morgan fingerprint density at radius 2 is 1.40 bits per heavy atom. The number of benzene rings is 2. The van der Waals surface area contributed by atoms with Crippen LogP contribution in [0, 0.1) is 0 Å². The monoisotopic (exact) mass is 384 g/mol. The van der Waals surface area contributed by atoms with Crippen LogP contribution >= 0.6 is 11.6 Å². The molecule has 0 spiro atoms. The van der Waals surface area contributed by atoms with E-state index in [0.717, 1.165) is 30.3 Å². The van der Waals surface area contributed by atoms with Crippen molar-refractivity contribution in [3.8, 4) is 0 Å². The van der Waals surface area contributed by atoms with Gasteiger partial charge in [-0.1, -0.05) is 12.1 Å². The Hall–Kier alpha value is -2.26. The fourth-order valence-electron chi connectivity index (χ4n) is 1.57. The first-order valence-corrected chi connectivity index (χ1v) is 6.84. The molecule has 0 heterocycles. The van der Waals surface area contributed by atoms with Gasteiger partial charge in [-0.2, -0.15) is 26.3 Å². The SMILES string of the molecule is NNc1ccc(C(F)(F)F)cc1.O=C(Cl)c1cccc(C(F)(F)F)c1. The maximum atomic E-state index is 12.1. The molecule has 3 nitrogen and oxygen atoms in total. The van der Waals surface area contributed by atoms with Crippen molar-refractivity contribution >= 4 is 22.5 Å². The first kappa shape index (κ1) is 20.8. The third-order valence-electron chi connectivity index (χ3n) is 2.80. The Morgan fingerprint density at radius 3 is 1.80 bits per heavy atom. The van der Waals surface area contributed by atoms with Gasteiger partial charge in [0.25, 0.3) is 5.24 Å². The van der Waals surface area contributed by atoms with Gasteiger partial charge in [-0.05, 0) is 48.0 Å². The summed E-state index contributed by atoms with van der Waals surface area (Å²) in [5.74, 6) is 4.98. The fraction of sp³-hybridized carbons (Fsp3) is 0.133. The molecule has 10 heteroatoms. The maximum absolute atomic E-state index is 12.1. The van der Waals surface area contributed by atoms with Crippen molar-refractivity contribution in [1.29, 1.82) is 0 Å². The number of hydrazine groups is 1. The quantitative estimate of drug-likeness (QED) is 0.329. The van der Waals surface area contributed by atoms with Crippen molar-refractivity contribution in [3.05, 3.63) is 65.2 Å². The van der Waals surface area contributed by atoms with E-state index in [9.17, 15) is 31.1 Å². The summed E-state index contributed by atoms with van der Waals surface area (Å²) < 4.78 is 72.1. The van der Waals surface area contributed by atoms with E-state index in [2.05, 4.69) is 5.43 Å². The number of carbonyl (C=O) groups excluding carboxylic acids is 1. The molecule has 0 bridgehead atoms. The third-order valence-corrected chi connectivity index (χ3v) is 3.01. The summed E-state index contributed by atoms with van der Waals surface area (Å²) in [6, 6.07) is 8.43. The minimum absolute atomic E-state index is 0.156. The molecule has 0 saturated heterocycles. The standard InChI is InChI=1S/C8H4ClF3O.C7H7F3N2/c9-7(13)5-2-1-3-6(4-5)8(10,11)12;8-7(9,10)5-1-3-6(12-11)4-2-5/h1-4H;1-4,12H,11H2. The summed E-state index contributed by atoms with van der Waals surface area (Å²) in [7, 11) is 0. The average Bonchev–Trinajstić information content (AvgIpc) is 2.54. The first-order valence-electron chi connectivity index (χ1n) is 6.46. The fourth-order valence-corrected chi connectivity index (χ4v) is 1.69. The van der Waals surface area contributed by atoms with Crippen LogP contribution in [-0.2, 0) is 12.4 Å². The molecular formula is C15H11ClF6N2O. The molecule has 0 aliphatic rings. The Morgan fingerprint density at radius 1 is 0.880 bits per heavy atom.